The van der Waals surface area contributed by atoms with Crippen LogP contribution in [0.25, 0.3) is 0 Å². The third kappa shape index (κ3) is 1.93. The normalized spacial score (nSPS) is 32.7. The number of hydroxylamine groups is 2. The maximum Gasteiger partial charge on any atom is 0.0523 e. The van der Waals surface area contributed by atoms with Crippen LogP contribution in [0.1, 0.15) is 26.2 Å². The van der Waals surface area contributed by atoms with Gasteiger partial charge in [-0.1, -0.05) is 19.8 Å². The van der Waals surface area contributed by atoms with Crippen LogP contribution in [0.5, 0.6) is 0 Å². The molecule has 0 radical (unpaired) electrons. The summed E-state index contributed by atoms with van der Waals surface area (Å²) >= 11 is 0. The zero-order valence-electron chi connectivity index (χ0n) is 5.84. The lowest BCUT2D eigenvalue weighted by Crippen LogP contribution is -2.08. The predicted octanol–water partition coefficient (Wildman–Crippen LogP) is 0.666. The lowest BCUT2D eigenvalue weighted by Gasteiger charge is -1.95. The molecule has 3 nitrogen and oxygen atoms in total. The van der Waals surface area contributed by atoms with Gasteiger partial charge >= 0.3 is 0 Å². The van der Waals surface area contributed by atoms with E-state index in [1.165, 1.54) is 19.3 Å². The van der Waals surface area contributed by atoms with Gasteiger partial charge in [0.05, 0.1) is 6.04 Å². The van der Waals surface area contributed by atoms with Gasteiger partial charge in [-0.25, -0.2) is 4.94 Å². The molecule has 0 amide bonds. The van der Waals surface area contributed by atoms with E-state index < -0.39 is 0 Å². The standard InChI is InChI=1S/C6H14N2O/c1-2-3-4-6-5-8(6)9-7/h6H,2-5,7H2,1H3. The molecule has 1 rings (SSSR count). The molecule has 0 saturated carbocycles. The van der Waals surface area contributed by atoms with Crippen molar-refractivity contribution in [2.45, 2.75) is 32.2 Å². The second-order valence-corrected chi connectivity index (χ2v) is 2.50. The topological polar surface area (TPSA) is 38.3 Å². The zero-order valence-corrected chi connectivity index (χ0v) is 5.84. The third-order valence-electron chi connectivity index (χ3n) is 1.69. The van der Waals surface area contributed by atoms with Crippen LogP contribution in [-0.4, -0.2) is 17.6 Å². The molecule has 1 fully saturated rings. The number of hydrogen-bond donors (Lipinski definition) is 1. The summed E-state index contributed by atoms with van der Waals surface area (Å²) in [6.45, 7) is 3.21. The maximum atomic E-state index is 4.92. The van der Waals surface area contributed by atoms with E-state index in [2.05, 4.69) is 11.9 Å². The van der Waals surface area contributed by atoms with Crippen LogP contribution >= 0.6 is 0 Å². The maximum absolute atomic E-state index is 4.92. The first-order valence-electron chi connectivity index (χ1n) is 3.52. The minimum absolute atomic E-state index is 0.620. The summed E-state index contributed by atoms with van der Waals surface area (Å²) in [5, 5.41) is 1.80. The fourth-order valence-electron chi connectivity index (χ4n) is 0.965. The minimum atomic E-state index is 0.620. The van der Waals surface area contributed by atoms with Crippen molar-refractivity contribution in [3.05, 3.63) is 0 Å². The molecule has 9 heavy (non-hydrogen) atoms. The summed E-state index contributed by atoms with van der Waals surface area (Å²) < 4.78 is 0. The van der Waals surface area contributed by atoms with Crippen molar-refractivity contribution in [1.29, 1.82) is 0 Å². The lowest BCUT2D eigenvalue weighted by atomic mass is 10.2. The highest BCUT2D eigenvalue weighted by Gasteiger charge is 2.33. The first-order chi connectivity index (χ1) is 4.38. The molecule has 0 aromatic rings. The smallest absolute Gasteiger partial charge is 0.0523 e. The van der Waals surface area contributed by atoms with Crippen molar-refractivity contribution >= 4 is 0 Å². The van der Waals surface area contributed by atoms with Crippen LogP contribution in [0.15, 0.2) is 0 Å². The molecule has 1 heterocycles. The van der Waals surface area contributed by atoms with E-state index in [1.807, 2.05) is 0 Å². The summed E-state index contributed by atoms with van der Waals surface area (Å²) in [7, 11) is 0. The molecule has 0 aromatic carbocycles. The molecule has 0 bridgehead atoms. The van der Waals surface area contributed by atoms with Gasteiger partial charge in [-0.3, -0.25) is 0 Å². The summed E-state index contributed by atoms with van der Waals surface area (Å²) in [5.74, 6) is 4.92. The van der Waals surface area contributed by atoms with Gasteiger partial charge in [-0.05, 0) is 6.42 Å². The Hall–Kier alpha value is -0.120. The molecule has 0 spiro atoms. The Morgan fingerprint density at radius 1 is 1.78 bits per heavy atom. The van der Waals surface area contributed by atoms with Crippen molar-refractivity contribution in [2.75, 3.05) is 6.54 Å². The SMILES string of the molecule is CCCCC1CN1ON. The fourth-order valence-corrected chi connectivity index (χ4v) is 0.965. The van der Waals surface area contributed by atoms with Gasteiger partial charge in [0.2, 0.25) is 0 Å². The number of unbranched alkanes of at least 4 members (excludes halogenated alkanes) is 1. The van der Waals surface area contributed by atoms with Gasteiger partial charge in [-0.2, -0.15) is 11.0 Å². The molecule has 2 N–H and O–H groups in total. The molecule has 1 aliphatic rings. The number of nitrogens with two attached hydrogens (primary N) is 1. The monoisotopic (exact) mass is 130 g/mol. The molecule has 3 heteroatoms. The van der Waals surface area contributed by atoms with Gasteiger partial charge in [0, 0.05) is 6.54 Å². The predicted molar refractivity (Wildman–Crippen MR) is 35.3 cm³/mol. The molecule has 1 aliphatic heterocycles. The molecular formula is C6H14N2O. The highest BCUT2D eigenvalue weighted by atomic mass is 16.8. The molecule has 2 unspecified atom stereocenters. The van der Waals surface area contributed by atoms with Crippen LogP contribution in [0.2, 0.25) is 0 Å². The minimum Gasteiger partial charge on any atom is -0.214 e. The Bertz CT molecular complexity index is 87.1. The third-order valence-corrected chi connectivity index (χ3v) is 1.69. The second kappa shape index (κ2) is 3.15. The first kappa shape index (κ1) is 6.99. The van der Waals surface area contributed by atoms with E-state index in [-0.39, 0.29) is 0 Å². The number of nitrogens with zero attached hydrogens (tertiary/aromatic N) is 1. The van der Waals surface area contributed by atoms with Crippen LogP contribution in [-0.2, 0) is 4.94 Å². The van der Waals surface area contributed by atoms with Crippen molar-refractivity contribution in [2.24, 2.45) is 5.90 Å². The van der Waals surface area contributed by atoms with Crippen molar-refractivity contribution in [3.8, 4) is 0 Å². The van der Waals surface area contributed by atoms with Crippen LogP contribution in [0.4, 0.5) is 0 Å². The Kier molecular flexibility index (Phi) is 2.45. The zero-order chi connectivity index (χ0) is 6.69. The van der Waals surface area contributed by atoms with E-state index >= 15 is 0 Å². The Morgan fingerprint density at radius 2 is 2.56 bits per heavy atom. The summed E-state index contributed by atoms with van der Waals surface area (Å²) in [5.41, 5.74) is 0. The largest absolute Gasteiger partial charge is 0.214 e. The summed E-state index contributed by atoms with van der Waals surface area (Å²) in [6.07, 6.45) is 3.77. The molecule has 54 valence electrons. The summed E-state index contributed by atoms with van der Waals surface area (Å²) in [6, 6.07) is 0.620. The molecule has 0 aliphatic carbocycles. The highest BCUT2D eigenvalue weighted by Crippen LogP contribution is 2.21. The lowest BCUT2D eigenvalue weighted by molar-refractivity contribution is -0.0794. The van der Waals surface area contributed by atoms with Crippen molar-refractivity contribution < 1.29 is 4.94 Å². The van der Waals surface area contributed by atoms with E-state index in [9.17, 15) is 0 Å². The van der Waals surface area contributed by atoms with Crippen molar-refractivity contribution in [1.82, 2.24) is 5.06 Å². The number of hydrogen-bond acceptors (Lipinski definition) is 3. The highest BCUT2D eigenvalue weighted by molar-refractivity contribution is 4.81. The number of rotatable bonds is 4. The van der Waals surface area contributed by atoms with Crippen LogP contribution < -0.4 is 5.90 Å². The van der Waals surface area contributed by atoms with Crippen LogP contribution in [0, 0.1) is 0 Å². The first-order valence-corrected chi connectivity index (χ1v) is 3.52. The van der Waals surface area contributed by atoms with Gasteiger partial charge in [-0.15, -0.1) is 0 Å². The van der Waals surface area contributed by atoms with Crippen molar-refractivity contribution in [3.63, 3.8) is 0 Å². The van der Waals surface area contributed by atoms with Gasteiger partial charge in [0.1, 0.15) is 0 Å². The average Bonchev–Trinajstić information content (AvgIpc) is 2.62. The molecule has 1 saturated heterocycles. The van der Waals surface area contributed by atoms with E-state index in [0.717, 1.165) is 6.54 Å². The van der Waals surface area contributed by atoms with E-state index in [1.54, 1.807) is 5.06 Å². The Morgan fingerprint density at radius 3 is 3.00 bits per heavy atom. The van der Waals surface area contributed by atoms with Gasteiger partial charge in [0.25, 0.3) is 0 Å². The fraction of sp³-hybridized carbons (Fsp3) is 1.00. The molecule has 0 aromatic heterocycles. The van der Waals surface area contributed by atoms with E-state index in [4.69, 9.17) is 5.90 Å². The molecule has 2 atom stereocenters. The Labute approximate surface area is 55.7 Å². The van der Waals surface area contributed by atoms with Gasteiger partial charge in [0.15, 0.2) is 0 Å². The average molecular weight is 130 g/mol. The van der Waals surface area contributed by atoms with Gasteiger partial charge < -0.3 is 0 Å². The molecular weight excluding hydrogens is 116 g/mol. The second-order valence-electron chi connectivity index (χ2n) is 2.50. The quantitative estimate of drug-likeness (QED) is 0.449. The summed E-state index contributed by atoms with van der Waals surface area (Å²) in [4.78, 5) is 4.50. The van der Waals surface area contributed by atoms with E-state index in [0.29, 0.717) is 6.04 Å². The Balaban J connectivity index is 1.92. The van der Waals surface area contributed by atoms with Crippen LogP contribution in [0.3, 0.4) is 0 Å².